The van der Waals surface area contributed by atoms with Crippen molar-refractivity contribution in [2.75, 3.05) is 18.5 Å². The van der Waals surface area contributed by atoms with E-state index in [9.17, 15) is 19.1 Å². The quantitative estimate of drug-likeness (QED) is 0.784. The van der Waals surface area contributed by atoms with E-state index in [0.717, 1.165) is 0 Å². The molecule has 0 aromatic heterocycles. The first-order valence-electron chi connectivity index (χ1n) is 6.09. The van der Waals surface area contributed by atoms with Gasteiger partial charge in [0.2, 0.25) is 0 Å². The minimum atomic E-state index is -1.42. The van der Waals surface area contributed by atoms with Gasteiger partial charge in [-0.25, -0.2) is 14.0 Å². The van der Waals surface area contributed by atoms with Crippen LogP contribution in [0, 0.1) is 12.7 Å². The molecule has 1 aromatic carbocycles. The van der Waals surface area contributed by atoms with Crippen LogP contribution in [0.1, 0.15) is 12.0 Å². The predicted octanol–water partition coefficient (Wildman–Crippen LogP) is 1.50. The number of carbonyl (C=O) groups is 2. The van der Waals surface area contributed by atoms with E-state index in [2.05, 4.69) is 10.6 Å². The van der Waals surface area contributed by atoms with Crippen LogP contribution in [0.15, 0.2) is 18.2 Å². The summed E-state index contributed by atoms with van der Waals surface area (Å²) in [5.41, 5.74) is -0.708. The third-order valence-electron chi connectivity index (χ3n) is 3.21. The summed E-state index contributed by atoms with van der Waals surface area (Å²) in [5.74, 6) is -1.60. The average molecular weight is 282 g/mol. The van der Waals surface area contributed by atoms with Gasteiger partial charge in [0.25, 0.3) is 0 Å². The summed E-state index contributed by atoms with van der Waals surface area (Å²) in [7, 11) is 0. The van der Waals surface area contributed by atoms with E-state index in [4.69, 9.17) is 4.74 Å². The molecule has 1 aromatic rings. The Morgan fingerprint density at radius 1 is 1.45 bits per heavy atom. The van der Waals surface area contributed by atoms with E-state index >= 15 is 0 Å². The van der Waals surface area contributed by atoms with Gasteiger partial charge in [-0.05, 0) is 24.6 Å². The Balaban J connectivity index is 2.04. The van der Waals surface area contributed by atoms with Crippen molar-refractivity contribution in [1.29, 1.82) is 0 Å². The fourth-order valence-electron chi connectivity index (χ4n) is 1.94. The van der Waals surface area contributed by atoms with Crippen molar-refractivity contribution in [3.05, 3.63) is 29.6 Å². The number of urea groups is 1. The highest BCUT2D eigenvalue weighted by molar-refractivity contribution is 5.94. The van der Waals surface area contributed by atoms with Crippen LogP contribution in [0.5, 0.6) is 0 Å². The van der Waals surface area contributed by atoms with Crippen molar-refractivity contribution >= 4 is 17.7 Å². The number of amides is 2. The number of rotatable bonds is 3. The Kier molecular flexibility index (Phi) is 3.89. The molecule has 0 radical (unpaired) electrons. The summed E-state index contributed by atoms with van der Waals surface area (Å²) in [4.78, 5) is 23.0. The van der Waals surface area contributed by atoms with Gasteiger partial charge in [0.05, 0.1) is 6.61 Å². The molecule has 0 spiro atoms. The first kappa shape index (κ1) is 14.3. The highest BCUT2D eigenvalue weighted by Crippen LogP contribution is 2.19. The maximum atomic E-state index is 13.4. The Morgan fingerprint density at radius 2 is 2.20 bits per heavy atom. The van der Waals surface area contributed by atoms with Crippen molar-refractivity contribution in [2.45, 2.75) is 18.9 Å². The van der Waals surface area contributed by atoms with E-state index in [1.807, 2.05) is 0 Å². The van der Waals surface area contributed by atoms with Gasteiger partial charge in [0.1, 0.15) is 5.82 Å². The number of aryl methyl sites for hydroxylation is 1. The van der Waals surface area contributed by atoms with Crippen LogP contribution in [-0.4, -0.2) is 35.9 Å². The van der Waals surface area contributed by atoms with Gasteiger partial charge in [-0.15, -0.1) is 0 Å². The number of carboxylic acids is 1. The van der Waals surface area contributed by atoms with Gasteiger partial charge in [-0.3, -0.25) is 0 Å². The molecule has 0 bridgehead atoms. The minimum absolute atomic E-state index is 0.0853. The zero-order valence-corrected chi connectivity index (χ0v) is 10.9. The maximum Gasteiger partial charge on any atom is 0.332 e. The summed E-state index contributed by atoms with van der Waals surface area (Å²) in [6.07, 6.45) is 0.192. The monoisotopic (exact) mass is 282 g/mol. The molecule has 108 valence electrons. The molecule has 1 heterocycles. The Bertz CT molecular complexity index is 541. The molecule has 1 saturated heterocycles. The summed E-state index contributed by atoms with van der Waals surface area (Å²) in [5, 5.41) is 14.0. The molecular formula is C13H15FN2O4. The van der Waals surface area contributed by atoms with Gasteiger partial charge >= 0.3 is 12.0 Å². The van der Waals surface area contributed by atoms with Crippen LogP contribution in [-0.2, 0) is 9.53 Å². The second-order valence-corrected chi connectivity index (χ2v) is 4.73. The standard InChI is InChI=1S/C13H15FN2O4/c1-8-2-3-9(6-10(8)14)15-12(19)16-13(11(17)18)4-5-20-7-13/h2-3,6H,4-5,7H2,1H3,(H,17,18)(H2,15,16,19). The van der Waals surface area contributed by atoms with Gasteiger partial charge in [-0.2, -0.15) is 0 Å². The molecule has 20 heavy (non-hydrogen) atoms. The number of halogens is 1. The van der Waals surface area contributed by atoms with Crippen LogP contribution in [0.2, 0.25) is 0 Å². The first-order chi connectivity index (χ1) is 9.43. The highest BCUT2D eigenvalue weighted by atomic mass is 19.1. The lowest BCUT2D eigenvalue weighted by atomic mass is 9.99. The van der Waals surface area contributed by atoms with E-state index in [-0.39, 0.29) is 25.3 Å². The van der Waals surface area contributed by atoms with Crippen LogP contribution >= 0.6 is 0 Å². The second-order valence-electron chi connectivity index (χ2n) is 4.73. The molecule has 1 atom stereocenters. The molecule has 3 N–H and O–H groups in total. The van der Waals surface area contributed by atoms with E-state index in [0.29, 0.717) is 5.56 Å². The van der Waals surface area contributed by atoms with Crippen molar-refractivity contribution in [3.63, 3.8) is 0 Å². The van der Waals surface area contributed by atoms with Gasteiger partial charge in [0.15, 0.2) is 5.54 Å². The van der Waals surface area contributed by atoms with Crippen LogP contribution < -0.4 is 10.6 Å². The van der Waals surface area contributed by atoms with Crippen molar-refractivity contribution in [1.82, 2.24) is 5.32 Å². The van der Waals surface area contributed by atoms with Crippen LogP contribution in [0.25, 0.3) is 0 Å². The number of benzene rings is 1. The summed E-state index contributed by atoms with van der Waals surface area (Å²) >= 11 is 0. The number of anilines is 1. The molecule has 1 fully saturated rings. The topological polar surface area (TPSA) is 87.7 Å². The number of nitrogens with one attached hydrogen (secondary N) is 2. The third kappa shape index (κ3) is 2.88. The lowest BCUT2D eigenvalue weighted by molar-refractivity contribution is -0.144. The summed E-state index contributed by atoms with van der Waals surface area (Å²) in [6.45, 7) is 1.79. The molecular weight excluding hydrogens is 267 g/mol. The van der Waals surface area contributed by atoms with Gasteiger partial charge in [0, 0.05) is 18.7 Å². The van der Waals surface area contributed by atoms with Gasteiger partial charge < -0.3 is 20.5 Å². The zero-order chi connectivity index (χ0) is 14.8. The second kappa shape index (κ2) is 5.46. The van der Waals surface area contributed by atoms with Crippen LogP contribution in [0.4, 0.5) is 14.9 Å². The van der Waals surface area contributed by atoms with E-state index < -0.39 is 23.4 Å². The first-order valence-corrected chi connectivity index (χ1v) is 6.09. The normalized spacial score (nSPS) is 21.5. The Hall–Kier alpha value is -2.15. The lowest BCUT2D eigenvalue weighted by Crippen LogP contribution is -2.56. The molecule has 1 aliphatic heterocycles. The number of aliphatic carboxylic acids is 1. The molecule has 0 saturated carbocycles. The third-order valence-corrected chi connectivity index (χ3v) is 3.21. The number of hydrogen-bond acceptors (Lipinski definition) is 3. The fourth-order valence-corrected chi connectivity index (χ4v) is 1.94. The van der Waals surface area contributed by atoms with Crippen molar-refractivity contribution in [3.8, 4) is 0 Å². The Morgan fingerprint density at radius 3 is 2.75 bits per heavy atom. The number of carbonyl (C=O) groups excluding carboxylic acids is 1. The van der Waals surface area contributed by atoms with E-state index in [1.165, 1.54) is 18.2 Å². The number of hydrogen-bond donors (Lipinski definition) is 3. The van der Waals surface area contributed by atoms with Gasteiger partial charge in [-0.1, -0.05) is 6.07 Å². The molecule has 0 aliphatic carbocycles. The van der Waals surface area contributed by atoms with Crippen LogP contribution in [0.3, 0.4) is 0 Å². The molecule has 6 nitrogen and oxygen atoms in total. The van der Waals surface area contributed by atoms with Crippen molar-refractivity contribution < 1.29 is 23.8 Å². The maximum absolute atomic E-state index is 13.4. The van der Waals surface area contributed by atoms with E-state index in [1.54, 1.807) is 6.92 Å². The number of carboxylic acid groups (broad SMARTS) is 1. The molecule has 2 rings (SSSR count). The molecule has 2 amide bonds. The fraction of sp³-hybridized carbons (Fsp3) is 0.385. The highest BCUT2D eigenvalue weighted by Gasteiger charge is 2.44. The minimum Gasteiger partial charge on any atom is -0.479 e. The lowest BCUT2D eigenvalue weighted by Gasteiger charge is -2.23. The SMILES string of the molecule is Cc1ccc(NC(=O)NC2(C(=O)O)CCOC2)cc1F. The van der Waals surface area contributed by atoms with Crippen molar-refractivity contribution in [2.24, 2.45) is 0 Å². The Labute approximate surface area is 114 Å². The largest absolute Gasteiger partial charge is 0.479 e. The zero-order valence-electron chi connectivity index (χ0n) is 10.9. The molecule has 1 aliphatic rings. The smallest absolute Gasteiger partial charge is 0.332 e. The predicted molar refractivity (Wildman–Crippen MR) is 69.1 cm³/mol. The average Bonchev–Trinajstić information content (AvgIpc) is 2.83. The summed E-state index contributed by atoms with van der Waals surface area (Å²) < 4.78 is 18.4. The molecule has 1 unspecified atom stereocenters. The summed E-state index contributed by atoms with van der Waals surface area (Å²) in [6, 6.07) is 3.53. The molecule has 7 heteroatoms. The number of ether oxygens (including phenoxy) is 1.